The zero-order valence-corrected chi connectivity index (χ0v) is 45.3. The van der Waals surface area contributed by atoms with E-state index in [1.54, 1.807) is 85.7 Å². The van der Waals surface area contributed by atoms with Gasteiger partial charge in [-0.25, -0.2) is 19.9 Å². The van der Waals surface area contributed by atoms with Crippen LogP contribution in [0.3, 0.4) is 0 Å². The van der Waals surface area contributed by atoms with Crippen LogP contribution in [0.25, 0.3) is 22.5 Å². The maximum Gasteiger partial charge on any atom is 0.298 e. The van der Waals surface area contributed by atoms with Crippen molar-refractivity contribution in [2.45, 2.75) is 46.3 Å². The number of pyridine rings is 2. The number of carbonyl (C=O) groups excluding carboxylic acids is 5. The molecule has 4 heterocycles. The number of amides is 2. The molecule has 9 aromatic rings. The van der Waals surface area contributed by atoms with Crippen molar-refractivity contribution in [3.63, 3.8) is 0 Å². The first-order valence-electron chi connectivity index (χ1n) is 25.5. The number of nitrogens with zero attached hydrogens (tertiary/aromatic N) is 6. The van der Waals surface area contributed by atoms with Gasteiger partial charge in [-0.15, -0.1) is 0 Å². The van der Waals surface area contributed by atoms with Crippen molar-refractivity contribution in [3.05, 3.63) is 258 Å². The number of nitrogen functional groups attached to an aromatic ring is 1. The Hall–Kier alpha value is -10.9. The van der Waals surface area contributed by atoms with Gasteiger partial charge >= 0.3 is 0 Å². The molecule has 82 heavy (non-hydrogen) atoms. The number of aromatic nitrogens is 6. The molecule has 0 radical (unpaired) electrons. The summed E-state index contributed by atoms with van der Waals surface area (Å²) in [7, 11) is 0. The lowest BCUT2D eigenvalue weighted by atomic mass is 9.97. The second-order valence-electron chi connectivity index (χ2n) is 17.8. The van der Waals surface area contributed by atoms with Crippen LogP contribution < -0.4 is 36.9 Å². The van der Waals surface area contributed by atoms with E-state index in [0.717, 1.165) is 73.0 Å². The summed E-state index contributed by atoms with van der Waals surface area (Å²) < 4.78 is 9.21. The molecule has 0 bridgehead atoms. The molecule has 0 atom stereocenters. The fourth-order valence-corrected chi connectivity index (χ4v) is 7.46. The standard InChI is InChI=1S/C29H26N4O2.C16H15N5.C11H11NO3.C8H9NO2/c1-3-29(35)32-18-21-8-10-23(11-9-21)27(34)16-22-7-6-20(2)25(15-22)17-28-31-14-12-26(33-28)24-5-4-13-30-19-24;1-11-4-5-13(17)9-15(11)21-16-19-8-6-14(20-16)12-3-2-7-18-10-12;1-2-11(14)12-7-9-3-5-10(6-4-9)15-8-13;9-5-7-1-3-8(4-2-7)11-6-10/h3-15,19H,1,16-18H2,2H3,(H,32,35);2-10H,17H2,1H3,(H,19,20,21);2-6,8H,1,7H2,(H,12,14);1-4,6H,5,9H2. The number of ketones is 1. The molecule has 0 aliphatic heterocycles. The monoisotopic (exact) mass is 1100 g/mol. The minimum Gasteiger partial charge on any atom is -0.429 e. The number of anilines is 3. The maximum atomic E-state index is 12.9. The topological polar surface area (TPSA) is 269 Å². The van der Waals surface area contributed by atoms with E-state index in [4.69, 9.17) is 16.5 Å². The van der Waals surface area contributed by atoms with Gasteiger partial charge in [-0.3, -0.25) is 33.9 Å². The largest absolute Gasteiger partial charge is 0.429 e. The van der Waals surface area contributed by atoms with Gasteiger partial charge in [0.1, 0.15) is 17.3 Å². The molecule has 4 aromatic heterocycles. The number of rotatable bonds is 20. The van der Waals surface area contributed by atoms with E-state index in [2.05, 4.69) is 76.5 Å². The molecule has 0 aliphatic carbocycles. The third kappa shape index (κ3) is 19.9. The van der Waals surface area contributed by atoms with E-state index >= 15 is 0 Å². The highest BCUT2D eigenvalue weighted by Crippen LogP contribution is 2.24. The van der Waals surface area contributed by atoms with Crippen LogP contribution in [0.4, 0.5) is 17.3 Å². The van der Waals surface area contributed by atoms with Gasteiger partial charge in [0.15, 0.2) is 5.78 Å². The van der Waals surface area contributed by atoms with Gasteiger partial charge in [0, 0.05) is 97.7 Å². The minimum absolute atomic E-state index is 0.0382. The fraction of sp³-hybridized carbons (Fsp3) is 0.109. The van der Waals surface area contributed by atoms with Crippen LogP contribution in [-0.2, 0) is 51.7 Å². The first-order valence-corrected chi connectivity index (χ1v) is 25.5. The number of nitrogens with two attached hydrogens (primary N) is 2. The summed E-state index contributed by atoms with van der Waals surface area (Å²) in [4.78, 5) is 81.1. The Bertz CT molecular complexity index is 3550. The molecule has 0 saturated heterocycles. The van der Waals surface area contributed by atoms with Crippen LogP contribution in [0.2, 0.25) is 0 Å². The summed E-state index contributed by atoms with van der Waals surface area (Å²) in [6.07, 6.45) is 13.8. The van der Waals surface area contributed by atoms with Crippen molar-refractivity contribution in [1.29, 1.82) is 0 Å². The van der Waals surface area contributed by atoms with E-state index in [1.165, 1.54) is 12.2 Å². The number of hydrogen-bond donors (Lipinski definition) is 5. The molecular weight excluding hydrogens is 1030 g/mol. The van der Waals surface area contributed by atoms with Gasteiger partial charge in [-0.1, -0.05) is 86.0 Å². The Kier molecular flexibility index (Phi) is 23.7. The molecular formula is C64H61N11O7. The lowest BCUT2D eigenvalue weighted by Gasteiger charge is -2.10. The van der Waals surface area contributed by atoms with E-state index in [1.807, 2.05) is 97.9 Å². The number of carbonyl (C=O) groups is 5. The molecule has 5 aromatic carbocycles. The minimum atomic E-state index is -0.227. The molecule has 0 saturated carbocycles. The van der Waals surface area contributed by atoms with E-state index in [0.29, 0.717) is 74.1 Å². The summed E-state index contributed by atoms with van der Waals surface area (Å²) >= 11 is 0. The van der Waals surface area contributed by atoms with Crippen molar-refractivity contribution in [1.82, 2.24) is 40.5 Å². The SMILES string of the molecule is C=CC(=O)NCc1ccc(C(=O)Cc2ccc(C)c(Cc3nccc(-c4cccnc4)n3)c2)cc1.C=CC(=O)NCc1ccc(OC=O)cc1.Cc1ccc(N)cc1Nc1nccc(-c2cccnc2)n1.NCc1ccc(OC=O)cc1. The molecule has 0 fully saturated rings. The third-order valence-corrected chi connectivity index (χ3v) is 11.9. The Morgan fingerprint density at radius 2 is 1.11 bits per heavy atom. The highest BCUT2D eigenvalue weighted by atomic mass is 16.5. The van der Waals surface area contributed by atoms with E-state index in [9.17, 15) is 24.0 Å². The molecule has 414 valence electrons. The van der Waals surface area contributed by atoms with E-state index < -0.39 is 0 Å². The molecule has 0 aliphatic rings. The number of nitrogens with one attached hydrogen (secondary N) is 3. The van der Waals surface area contributed by atoms with Crippen LogP contribution in [0.5, 0.6) is 11.5 Å². The van der Waals surface area contributed by atoms with Crippen molar-refractivity contribution in [2.75, 3.05) is 11.1 Å². The molecule has 9 rings (SSSR count). The summed E-state index contributed by atoms with van der Waals surface area (Å²) in [6.45, 7) is 12.9. The maximum absolute atomic E-state index is 12.9. The summed E-state index contributed by atoms with van der Waals surface area (Å²) in [5.74, 6) is 1.86. The Labute approximate surface area is 475 Å². The van der Waals surface area contributed by atoms with Crippen molar-refractivity contribution < 1.29 is 33.4 Å². The zero-order valence-electron chi connectivity index (χ0n) is 45.3. The highest BCUT2D eigenvalue weighted by Gasteiger charge is 2.12. The molecule has 18 heteroatoms. The van der Waals surface area contributed by atoms with Crippen LogP contribution >= 0.6 is 0 Å². The Morgan fingerprint density at radius 1 is 0.585 bits per heavy atom. The number of benzene rings is 5. The van der Waals surface area contributed by atoms with Crippen LogP contribution in [0.1, 0.15) is 55.1 Å². The number of hydrogen-bond acceptors (Lipinski definition) is 16. The molecule has 2 amide bonds. The van der Waals surface area contributed by atoms with Gasteiger partial charge in [0.25, 0.3) is 12.9 Å². The highest BCUT2D eigenvalue weighted by molar-refractivity contribution is 5.97. The van der Waals surface area contributed by atoms with Crippen molar-refractivity contribution >= 4 is 47.9 Å². The van der Waals surface area contributed by atoms with Gasteiger partial charge < -0.3 is 36.9 Å². The van der Waals surface area contributed by atoms with Gasteiger partial charge in [0.05, 0.1) is 11.4 Å². The van der Waals surface area contributed by atoms with Crippen LogP contribution in [0.15, 0.2) is 208 Å². The first-order chi connectivity index (χ1) is 39.9. The lowest BCUT2D eigenvalue weighted by molar-refractivity contribution is -0.121. The smallest absolute Gasteiger partial charge is 0.298 e. The van der Waals surface area contributed by atoms with Gasteiger partial charge in [0.2, 0.25) is 17.8 Å². The average Bonchev–Trinajstić information content (AvgIpc) is 3.51. The predicted molar refractivity (Wildman–Crippen MR) is 316 cm³/mol. The van der Waals surface area contributed by atoms with Crippen LogP contribution in [-0.4, -0.2) is 60.4 Å². The lowest BCUT2D eigenvalue weighted by Crippen LogP contribution is -2.19. The summed E-state index contributed by atoms with van der Waals surface area (Å²) in [5.41, 5.74) is 24.1. The average molecular weight is 1100 g/mol. The molecule has 0 spiro atoms. The van der Waals surface area contributed by atoms with Gasteiger partial charge in [-0.05, 0) is 138 Å². The normalized spacial score (nSPS) is 10.0. The van der Waals surface area contributed by atoms with Crippen LogP contribution in [0, 0.1) is 13.8 Å². The fourth-order valence-electron chi connectivity index (χ4n) is 7.46. The Balaban J connectivity index is 0.000000194. The van der Waals surface area contributed by atoms with Crippen molar-refractivity contribution in [2.24, 2.45) is 5.73 Å². The third-order valence-electron chi connectivity index (χ3n) is 11.9. The second-order valence-corrected chi connectivity index (χ2v) is 17.8. The Morgan fingerprint density at radius 3 is 1.65 bits per heavy atom. The number of ether oxygens (including phenoxy) is 2. The summed E-state index contributed by atoms with van der Waals surface area (Å²) in [6, 6.07) is 44.4. The van der Waals surface area contributed by atoms with Gasteiger partial charge in [-0.2, -0.15) is 0 Å². The summed E-state index contributed by atoms with van der Waals surface area (Å²) in [5, 5.41) is 8.56. The number of Topliss-reactive ketones (excluding diaryl/α,β-unsaturated/α-hetero) is 1. The van der Waals surface area contributed by atoms with Crippen molar-refractivity contribution in [3.8, 4) is 34.0 Å². The quantitative estimate of drug-likeness (QED) is 0.0206. The predicted octanol–water partition coefficient (Wildman–Crippen LogP) is 9.54. The molecule has 7 N–H and O–H groups in total. The molecule has 0 unspecified atom stereocenters. The molecule has 18 nitrogen and oxygen atoms in total. The second kappa shape index (κ2) is 32.1. The zero-order chi connectivity index (χ0) is 58.5. The first kappa shape index (κ1) is 60.4. The number of aryl methyl sites for hydroxylation is 2. The van der Waals surface area contributed by atoms with E-state index in [-0.39, 0.29) is 17.6 Å².